The Balaban J connectivity index is 0.00000133. The van der Waals surface area contributed by atoms with E-state index < -0.39 is 0 Å². The number of benzene rings is 1. The van der Waals surface area contributed by atoms with Crippen molar-refractivity contribution in [1.29, 1.82) is 0 Å². The third kappa shape index (κ3) is 3.67. The van der Waals surface area contributed by atoms with Crippen LogP contribution >= 0.6 is 47.2 Å². The lowest BCUT2D eigenvalue weighted by Crippen LogP contribution is -2.42. The van der Waals surface area contributed by atoms with Crippen LogP contribution in [0.1, 0.15) is 24.3 Å². The van der Waals surface area contributed by atoms with E-state index >= 15 is 0 Å². The lowest BCUT2D eigenvalue weighted by atomic mass is 10.1. The van der Waals surface area contributed by atoms with Crippen LogP contribution in [0.3, 0.4) is 0 Å². The van der Waals surface area contributed by atoms with Crippen LogP contribution in [0.15, 0.2) is 23.2 Å². The molecule has 0 amide bonds. The van der Waals surface area contributed by atoms with Crippen LogP contribution in [-0.4, -0.2) is 25.1 Å². The first-order valence-electron chi connectivity index (χ1n) is 6.24. The topological polar surface area (TPSA) is 36.4 Å². The number of hydrogen-bond acceptors (Lipinski definition) is 3. The second-order valence-electron chi connectivity index (χ2n) is 4.77. The summed E-state index contributed by atoms with van der Waals surface area (Å²) in [5.74, 6) is 1.40. The van der Waals surface area contributed by atoms with E-state index in [0.29, 0.717) is 17.0 Å². The fraction of sp³-hybridized carbons (Fsp3) is 0.462. The molecule has 0 unspecified atom stereocenters. The Morgan fingerprint density at radius 3 is 2.84 bits per heavy atom. The van der Waals surface area contributed by atoms with Crippen molar-refractivity contribution in [2.45, 2.75) is 24.8 Å². The van der Waals surface area contributed by atoms with Crippen LogP contribution in [0.4, 0.5) is 0 Å². The molecule has 3 nitrogen and oxygen atoms in total. The molecule has 0 aromatic heterocycles. The first-order chi connectivity index (χ1) is 8.74. The van der Waals surface area contributed by atoms with Gasteiger partial charge in [-0.05, 0) is 30.5 Å². The predicted molar refractivity (Wildman–Crippen MR) is 91.1 cm³/mol. The molecule has 1 aliphatic carbocycles. The quantitative estimate of drug-likeness (QED) is 0.731. The zero-order valence-electron chi connectivity index (χ0n) is 10.3. The summed E-state index contributed by atoms with van der Waals surface area (Å²) in [6, 6.07) is 6.17. The molecule has 2 aliphatic rings. The van der Waals surface area contributed by atoms with Gasteiger partial charge in [0, 0.05) is 35.1 Å². The van der Waals surface area contributed by atoms with Gasteiger partial charge in [-0.2, -0.15) is 0 Å². The highest BCUT2D eigenvalue weighted by atomic mass is 127. The van der Waals surface area contributed by atoms with Gasteiger partial charge in [-0.3, -0.25) is 4.99 Å². The number of rotatable bonds is 2. The number of guanidine groups is 1. The first-order valence-corrected chi connectivity index (χ1v) is 6.99. The summed E-state index contributed by atoms with van der Waals surface area (Å²) in [7, 11) is 0. The minimum Gasteiger partial charge on any atom is -0.356 e. The van der Waals surface area contributed by atoms with Crippen LogP contribution in [-0.2, 0) is 0 Å². The Bertz CT molecular complexity index is 493. The van der Waals surface area contributed by atoms with Gasteiger partial charge in [-0.25, -0.2) is 0 Å². The number of nitrogens with one attached hydrogen (secondary N) is 2. The Morgan fingerprint density at radius 2 is 2.16 bits per heavy atom. The Kier molecular flexibility index (Phi) is 5.20. The molecule has 1 heterocycles. The molecular formula is C13H16Cl2IN3. The first kappa shape index (κ1) is 15.2. The van der Waals surface area contributed by atoms with Crippen LogP contribution in [0, 0.1) is 0 Å². The number of nitrogens with zero attached hydrogens (tertiary/aromatic N) is 1. The Hall–Kier alpha value is -0.200. The van der Waals surface area contributed by atoms with Crippen LogP contribution in [0.2, 0.25) is 10.0 Å². The highest BCUT2D eigenvalue weighted by Gasteiger charge is 2.40. The van der Waals surface area contributed by atoms with Crippen LogP contribution < -0.4 is 10.6 Å². The van der Waals surface area contributed by atoms with Gasteiger partial charge >= 0.3 is 0 Å². The maximum absolute atomic E-state index is 6.21. The molecule has 6 heteroatoms. The molecule has 2 atom stereocenters. The van der Waals surface area contributed by atoms with E-state index in [9.17, 15) is 0 Å². The van der Waals surface area contributed by atoms with E-state index in [1.54, 1.807) is 0 Å². The van der Waals surface area contributed by atoms with Gasteiger partial charge in [-0.1, -0.05) is 29.3 Å². The summed E-state index contributed by atoms with van der Waals surface area (Å²) in [6.07, 6.45) is 2.21. The van der Waals surface area contributed by atoms with Gasteiger partial charge in [0.1, 0.15) is 0 Å². The van der Waals surface area contributed by atoms with Gasteiger partial charge in [0.25, 0.3) is 0 Å². The van der Waals surface area contributed by atoms with Crippen molar-refractivity contribution >= 4 is 53.1 Å². The summed E-state index contributed by atoms with van der Waals surface area (Å²) < 4.78 is 0. The molecule has 0 saturated heterocycles. The monoisotopic (exact) mass is 411 g/mol. The second kappa shape index (κ2) is 6.50. The SMILES string of the molecule is Clc1ccc([C@@H]2C[C@H]2NC2=NCCCN2)c(Cl)c1.I. The van der Waals surface area contributed by atoms with E-state index in [1.807, 2.05) is 18.2 Å². The molecule has 104 valence electrons. The predicted octanol–water partition coefficient (Wildman–Crippen LogP) is 3.41. The van der Waals surface area contributed by atoms with Gasteiger partial charge in [0.15, 0.2) is 5.96 Å². The minimum absolute atomic E-state index is 0. The Labute approximate surface area is 140 Å². The second-order valence-corrected chi connectivity index (χ2v) is 5.61. The van der Waals surface area contributed by atoms with E-state index in [1.165, 1.54) is 5.56 Å². The third-order valence-electron chi connectivity index (χ3n) is 3.37. The average molecular weight is 412 g/mol. The van der Waals surface area contributed by atoms with Gasteiger partial charge in [0.2, 0.25) is 0 Å². The third-order valence-corrected chi connectivity index (χ3v) is 3.93. The van der Waals surface area contributed by atoms with Gasteiger partial charge in [-0.15, -0.1) is 24.0 Å². The molecular weight excluding hydrogens is 396 g/mol. The molecule has 1 aromatic rings. The van der Waals surface area contributed by atoms with Crippen molar-refractivity contribution in [3.8, 4) is 0 Å². The molecule has 0 bridgehead atoms. The van der Waals surface area contributed by atoms with Crippen LogP contribution in [0.25, 0.3) is 0 Å². The van der Waals surface area contributed by atoms with E-state index in [0.717, 1.165) is 36.9 Å². The lowest BCUT2D eigenvalue weighted by Gasteiger charge is -2.16. The highest BCUT2D eigenvalue weighted by molar-refractivity contribution is 14.0. The zero-order chi connectivity index (χ0) is 12.5. The van der Waals surface area contributed by atoms with Crippen molar-refractivity contribution in [2.75, 3.05) is 13.1 Å². The van der Waals surface area contributed by atoms with Gasteiger partial charge < -0.3 is 10.6 Å². The van der Waals surface area contributed by atoms with E-state index in [2.05, 4.69) is 15.6 Å². The number of hydrogen-bond donors (Lipinski definition) is 2. The summed E-state index contributed by atoms with van der Waals surface area (Å²) >= 11 is 12.1. The van der Waals surface area contributed by atoms with E-state index in [4.69, 9.17) is 23.2 Å². The molecule has 19 heavy (non-hydrogen) atoms. The zero-order valence-corrected chi connectivity index (χ0v) is 14.2. The fourth-order valence-corrected chi connectivity index (χ4v) is 2.85. The fourth-order valence-electron chi connectivity index (χ4n) is 2.31. The van der Waals surface area contributed by atoms with Crippen molar-refractivity contribution in [3.63, 3.8) is 0 Å². The summed E-state index contributed by atoms with van der Waals surface area (Å²) in [5, 5.41) is 8.15. The lowest BCUT2D eigenvalue weighted by molar-refractivity contribution is 0.696. The Morgan fingerprint density at radius 1 is 1.32 bits per heavy atom. The molecule has 2 N–H and O–H groups in total. The molecule has 1 aromatic carbocycles. The molecule has 1 saturated carbocycles. The molecule has 3 rings (SSSR count). The van der Waals surface area contributed by atoms with Crippen molar-refractivity contribution in [1.82, 2.24) is 10.6 Å². The highest BCUT2D eigenvalue weighted by Crippen LogP contribution is 2.44. The van der Waals surface area contributed by atoms with E-state index in [-0.39, 0.29) is 24.0 Å². The average Bonchev–Trinajstić information content (AvgIpc) is 3.09. The number of aliphatic imine (C=N–C) groups is 1. The maximum Gasteiger partial charge on any atom is 0.191 e. The van der Waals surface area contributed by atoms with Crippen molar-refractivity contribution in [2.24, 2.45) is 4.99 Å². The summed E-state index contributed by atoms with van der Waals surface area (Å²) in [6.45, 7) is 1.92. The minimum atomic E-state index is 0. The normalized spacial score (nSPS) is 24.8. The maximum atomic E-state index is 6.21. The molecule has 0 radical (unpaired) electrons. The largest absolute Gasteiger partial charge is 0.356 e. The van der Waals surface area contributed by atoms with Crippen molar-refractivity contribution < 1.29 is 0 Å². The molecule has 1 fully saturated rings. The van der Waals surface area contributed by atoms with Crippen LogP contribution in [0.5, 0.6) is 0 Å². The number of halogens is 3. The molecule has 0 spiro atoms. The standard InChI is InChI=1S/C13H15Cl2N3.HI/c14-8-2-3-9(11(15)6-8)10-7-12(10)18-13-16-4-1-5-17-13;/h2-3,6,10,12H,1,4-5,7H2,(H2,16,17,18);1H/t10-,12+;/m0./s1. The van der Waals surface area contributed by atoms with Crippen molar-refractivity contribution in [3.05, 3.63) is 33.8 Å². The molecule has 1 aliphatic heterocycles. The summed E-state index contributed by atoms with van der Waals surface area (Å²) in [5.41, 5.74) is 1.18. The van der Waals surface area contributed by atoms with Gasteiger partial charge in [0.05, 0.1) is 0 Å². The summed E-state index contributed by atoms with van der Waals surface area (Å²) in [4.78, 5) is 4.41. The smallest absolute Gasteiger partial charge is 0.191 e.